The van der Waals surface area contributed by atoms with E-state index in [1.807, 2.05) is 31.2 Å². The number of nitrogens with one attached hydrogen (secondary N) is 2. The van der Waals surface area contributed by atoms with Crippen molar-refractivity contribution in [2.45, 2.75) is 13.0 Å². The monoisotopic (exact) mass is 310 g/mol. The third-order valence-corrected chi connectivity index (χ3v) is 2.99. The lowest BCUT2D eigenvalue weighted by Crippen LogP contribution is -2.37. The molecule has 0 bridgehead atoms. The molecule has 6 nitrogen and oxygen atoms in total. The highest BCUT2D eigenvalue weighted by Gasteiger charge is 2.16. The maximum absolute atomic E-state index is 12.1. The fourth-order valence-corrected chi connectivity index (χ4v) is 1.80. The minimum Gasteiger partial charge on any atom is -0.497 e. The molecule has 1 heterocycles. The molecule has 2 aromatic rings. The van der Waals surface area contributed by atoms with E-state index in [-0.39, 0.29) is 24.4 Å². The smallest absolute Gasteiger partial charge is 0.255 e. The molecule has 1 atom stereocenters. The standard InChI is InChI=1S/C14H18N4O2.ClH/c1-9(7-15)17-14(19)12-8-16-18-13(12)10-3-5-11(20-2)6-4-10;/h3-6,8-9H,7,15H2,1-2H3,(H,16,18)(H,17,19);1H/t9-;/m0./s1. The zero-order valence-corrected chi connectivity index (χ0v) is 12.7. The number of benzene rings is 1. The quantitative estimate of drug-likeness (QED) is 0.781. The third-order valence-electron chi connectivity index (χ3n) is 2.99. The molecule has 0 saturated heterocycles. The van der Waals surface area contributed by atoms with Gasteiger partial charge in [-0.05, 0) is 31.2 Å². The predicted octanol–water partition coefficient (Wildman–Crippen LogP) is 1.58. The number of carbonyl (C=O) groups excluding carboxylic acids is 1. The Morgan fingerprint density at radius 2 is 2.10 bits per heavy atom. The number of rotatable bonds is 5. The van der Waals surface area contributed by atoms with Gasteiger partial charge < -0.3 is 15.8 Å². The Labute approximate surface area is 129 Å². The molecule has 4 N–H and O–H groups in total. The number of hydrogen-bond acceptors (Lipinski definition) is 4. The largest absolute Gasteiger partial charge is 0.497 e. The summed E-state index contributed by atoms with van der Waals surface area (Å²) in [6.45, 7) is 2.24. The molecule has 1 amide bonds. The lowest BCUT2D eigenvalue weighted by molar-refractivity contribution is 0.0942. The van der Waals surface area contributed by atoms with Crippen molar-refractivity contribution in [3.05, 3.63) is 36.0 Å². The van der Waals surface area contributed by atoms with Crippen LogP contribution in [-0.2, 0) is 0 Å². The van der Waals surface area contributed by atoms with Gasteiger partial charge in [-0.1, -0.05) is 0 Å². The van der Waals surface area contributed by atoms with Crippen molar-refractivity contribution in [1.82, 2.24) is 15.5 Å². The SMILES string of the molecule is COc1ccc(-c2[nH]ncc2C(=O)N[C@@H](C)CN)cc1.Cl. The van der Waals surface area contributed by atoms with Gasteiger partial charge in [0.1, 0.15) is 5.75 Å². The van der Waals surface area contributed by atoms with Crippen molar-refractivity contribution in [3.63, 3.8) is 0 Å². The van der Waals surface area contributed by atoms with Crippen LogP contribution in [-0.4, -0.2) is 35.8 Å². The molecule has 2 rings (SSSR count). The van der Waals surface area contributed by atoms with E-state index in [4.69, 9.17) is 10.5 Å². The number of halogens is 1. The average molecular weight is 311 g/mol. The fraction of sp³-hybridized carbons (Fsp3) is 0.286. The van der Waals surface area contributed by atoms with Crippen LogP contribution < -0.4 is 15.8 Å². The van der Waals surface area contributed by atoms with Crippen LogP contribution in [0.25, 0.3) is 11.3 Å². The Balaban J connectivity index is 0.00000220. The molecule has 21 heavy (non-hydrogen) atoms. The summed E-state index contributed by atoms with van der Waals surface area (Å²) in [6, 6.07) is 7.33. The summed E-state index contributed by atoms with van der Waals surface area (Å²) in [6.07, 6.45) is 1.51. The number of nitrogens with zero attached hydrogens (tertiary/aromatic N) is 1. The molecule has 1 aromatic heterocycles. The zero-order chi connectivity index (χ0) is 14.5. The van der Waals surface area contributed by atoms with Gasteiger partial charge in [-0.3, -0.25) is 9.89 Å². The molecule has 0 spiro atoms. The van der Waals surface area contributed by atoms with Crippen LogP contribution in [0.5, 0.6) is 5.75 Å². The second-order valence-corrected chi connectivity index (χ2v) is 4.50. The summed E-state index contributed by atoms with van der Waals surface area (Å²) < 4.78 is 5.11. The minimum absolute atomic E-state index is 0. The van der Waals surface area contributed by atoms with E-state index in [1.54, 1.807) is 7.11 Å². The first-order chi connectivity index (χ1) is 9.65. The Bertz CT molecular complexity index is 583. The third kappa shape index (κ3) is 3.96. The lowest BCUT2D eigenvalue weighted by atomic mass is 10.1. The van der Waals surface area contributed by atoms with Gasteiger partial charge in [0.15, 0.2) is 0 Å². The second-order valence-electron chi connectivity index (χ2n) is 4.50. The molecule has 0 fully saturated rings. The van der Waals surface area contributed by atoms with Gasteiger partial charge in [0.25, 0.3) is 5.91 Å². The normalized spacial score (nSPS) is 11.4. The van der Waals surface area contributed by atoms with Gasteiger partial charge in [-0.2, -0.15) is 5.10 Å². The van der Waals surface area contributed by atoms with Crippen molar-refractivity contribution in [2.75, 3.05) is 13.7 Å². The molecule has 0 radical (unpaired) electrons. The van der Waals surface area contributed by atoms with Crippen molar-refractivity contribution in [1.29, 1.82) is 0 Å². The minimum atomic E-state index is -0.192. The van der Waals surface area contributed by atoms with Crippen LogP contribution in [0.1, 0.15) is 17.3 Å². The molecule has 1 aromatic carbocycles. The van der Waals surface area contributed by atoms with Gasteiger partial charge >= 0.3 is 0 Å². The highest BCUT2D eigenvalue weighted by molar-refractivity contribution is 5.99. The second kappa shape index (κ2) is 7.66. The van der Waals surface area contributed by atoms with Crippen molar-refractivity contribution >= 4 is 18.3 Å². The first-order valence-electron chi connectivity index (χ1n) is 6.34. The molecular weight excluding hydrogens is 292 g/mol. The molecular formula is C14H19ClN4O2. The summed E-state index contributed by atoms with van der Waals surface area (Å²) in [4.78, 5) is 12.1. The number of H-pyrrole nitrogens is 1. The number of ether oxygens (including phenoxy) is 1. The Hall–Kier alpha value is -2.05. The number of amides is 1. The van der Waals surface area contributed by atoms with Crippen LogP contribution in [0.4, 0.5) is 0 Å². The number of carbonyl (C=O) groups is 1. The van der Waals surface area contributed by atoms with E-state index in [2.05, 4.69) is 15.5 Å². The summed E-state index contributed by atoms with van der Waals surface area (Å²) in [5.74, 6) is 0.568. The molecule has 0 aliphatic rings. The zero-order valence-electron chi connectivity index (χ0n) is 11.9. The van der Waals surface area contributed by atoms with Crippen molar-refractivity contribution < 1.29 is 9.53 Å². The summed E-state index contributed by atoms with van der Waals surface area (Å²) in [5, 5.41) is 9.61. The van der Waals surface area contributed by atoms with Crippen LogP contribution in [0.15, 0.2) is 30.5 Å². The maximum Gasteiger partial charge on any atom is 0.255 e. The van der Waals surface area contributed by atoms with Gasteiger partial charge in [0.05, 0.1) is 24.6 Å². The van der Waals surface area contributed by atoms with Crippen LogP contribution in [0.2, 0.25) is 0 Å². The molecule has 114 valence electrons. The van der Waals surface area contributed by atoms with E-state index in [1.165, 1.54) is 6.20 Å². The van der Waals surface area contributed by atoms with E-state index in [0.29, 0.717) is 17.8 Å². The van der Waals surface area contributed by atoms with E-state index in [0.717, 1.165) is 11.3 Å². The number of nitrogens with two attached hydrogens (primary N) is 1. The van der Waals surface area contributed by atoms with Gasteiger partial charge in [-0.25, -0.2) is 0 Å². The first kappa shape index (κ1) is 17.0. The average Bonchev–Trinajstić information content (AvgIpc) is 2.96. The number of methoxy groups -OCH3 is 1. The van der Waals surface area contributed by atoms with Crippen molar-refractivity contribution in [3.8, 4) is 17.0 Å². The van der Waals surface area contributed by atoms with E-state index < -0.39 is 0 Å². The Morgan fingerprint density at radius 1 is 1.43 bits per heavy atom. The van der Waals surface area contributed by atoms with Gasteiger partial charge in [0, 0.05) is 18.2 Å². The van der Waals surface area contributed by atoms with E-state index >= 15 is 0 Å². The molecule has 0 aliphatic carbocycles. The van der Waals surface area contributed by atoms with Gasteiger partial charge in [-0.15, -0.1) is 12.4 Å². The Kier molecular flexibility index (Phi) is 6.20. The first-order valence-corrected chi connectivity index (χ1v) is 6.34. The molecule has 0 aliphatic heterocycles. The number of hydrogen-bond donors (Lipinski definition) is 3. The summed E-state index contributed by atoms with van der Waals surface area (Å²) in [5.41, 5.74) is 7.54. The van der Waals surface area contributed by atoms with E-state index in [9.17, 15) is 4.79 Å². The highest BCUT2D eigenvalue weighted by atomic mass is 35.5. The molecule has 0 unspecified atom stereocenters. The summed E-state index contributed by atoms with van der Waals surface area (Å²) >= 11 is 0. The topological polar surface area (TPSA) is 93.0 Å². The van der Waals surface area contributed by atoms with Gasteiger partial charge in [0.2, 0.25) is 0 Å². The van der Waals surface area contributed by atoms with Crippen LogP contribution in [0.3, 0.4) is 0 Å². The predicted molar refractivity (Wildman–Crippen MR) is 83.8 cm³/mol. The van der Waals surface area contributed by atoms with Crippen LogP contribution in [0, 0.1) is 0 Å². The van der Waals surface area contributed by atoms with Crippen molar-refractivity contribution in [2.24, 2.45) is 5.73 Å². The van der Waals surface area contributed by atoms with Crippen LogP contribution >= 0.6 is 12.4 Å². The number of aromatic nitrogens is 2. The highest BCUT2D eigenvalue weighted by Crippen LogP contribution is 2.23. The number of aromatic amines is 1. The molecule has 0 saturated carbocycles. The lowest BCUT2D eigenvalue weighted by Gasteiger charge is -2.11. The Morgan fingerprint density at radius 3 is 2.67 bits per heavy atom. The maximum atomic E-state index is 12.1. The fourth-order valence-electron chi connectivity index (χ4n) is 1.80. The summed E-state index contributed by atoms with van der Waals surface area (Å²) in [7, 11) is 1.61. The molecule has 7 heteroatoms.